The number of carbonyl (C=O) groups excluding carboxylic acids is 5. The lowest BCUT2D eigenvalue weighted by Crippen LogP contribution is -2.50. The number of amides is 4. The van der Waals surface area contributed by atoms with Crippen molar-refractivity contribution in [1.29, 1.82) is 0 Å². The molecule has 1 aliphatic rings. The molecular weight excluding hydrogens is 631 g/mol. The standard InChI is InChI=1S/C33H30Cl2N6O5/c1-18(2)15-26(40-31(44)20-9-5-6-10-21(20)32(40)45)30(43)36-17-27-37-29(33(46)39(3)4)38-41(27)25-14-13-19(34)16-23(25)28(42)22-11-7-8-12-24(22)35/h5-14,16,18,26H,15,17H2,1-4H3,(H,36,43)/t26-/m0/s1. The number of halogens is 2. The first kappa shape index (κ1) is 32.5. The van der Waals surface area contributed by atoms with Crippen molar-refractivity contribution < 1.29 is 24.0 Å². The van der Waals surface area contributed by atoms with Gasteiger partial charge in [-0.15, -0.1) is 5.10 Å². The van der Waals surface area contributed by atoms with E-state index in [1.165, 1.54) is 29.7 Å². The summed E-state index contributed by atoms with van der Waals surface area (Å²) in [6.45, 7) is 3.51. The van der Waals surface area contributed by atoms with Crippen molar-refractivity contribution >= 4 is 52.6 Å². The molecule has 3 aromatic carbocycles. The minimum atomic E-state index is -1.11. The van der Waals surface area contributed by atoms with Crippen LogP contribution in [0.25, 0.3) is 5.69 Å². The molecule has 0 saturated carbocycles. The highest BCUT2D eigenvalue weighted by Gasteiger charge is 2.42. The third-order valence-electron chi connectivity index (χ3n) is 7.38. The Bertz CT molecular complexity index is 1850. The van der Waals surface area contributed by atoms with Gasteiger partial charge in [-0.3, -0.25) is 28.9 Å². The number of ketones is 1. The van der Waals surface area contributed by atoms with E-state index in [9.17, 15) is 24.0 Å². The van der Waals surface area contributed by atoms with Crippen LogP contribution in [0.5, 0.6) is 0 Å². The molecule has 1 aliphatic heterocycles. The van der Waals surface area contributed by atoms with Crippen molar-refractivity contribution in [3.8, 4) is 5.69 Å². The van der Waals surface area contributed by atoms with Crippen molar-refractivity contribution in [3.05, 3.63) is 111 Å². The Kier molecular flexibility index (Phi) is 9.36. The van der Waals surface area contributed by atoms with E-state index >= 15 is 0 Å². The lowest BCUT2D eigenvalue weighted by Gasteiger charge is -2.26. The number of nitrogens with zero attached hydrogens (tertiary/aromatic N) is 5. The maximum absolute atomic E-state index is 13.7. The summed E-state index contributed by atoms with van der Waals surface area (Å²) in [5.41, 5.74) is 1.07. The Hall–Kier alpha value is -4.87. The molecule has 0 aliphatic carbocycles. The molecule has 4 aromatic rings. The fraction of sp³-hybridized carbons (Fsp3) is 0.242. The third-order valence-corrected chi connectivity index (χ3v) is 7.94. The fourth-order valence-electron chi connectivity index (χ4n) is 5.16. The summed E-state index contributed by atoms with van der Waals surface area (Å²) in [7, 11) is 3.08. The summed E-state index contributed by atoms with van der Waals surface area (Å²) in [6, 6.07) is 16.4. The predicted octanol–water partition coefficient (Wildman–Crippen LogP) is 4.83. The highest BCUT2D eigenvalue weighted by Crippen LogP contribution is 2.28. The van der Waals surface area contributed by atoms with Gasteiger partial charge in [0.15, 0.2) is 11.6 Å². The van der Waals surface area contributed by atoms with E-state index in [0.717, 1.165) is 4.90 Å². The number of benzene rings is 3. The van der Waals surface area contributed by atoms with Crippen LogP contribution in [0, 0.1) is 5.92 Å². The molecule has 1 atom stereocenters. The summed E-state index contributed by atoms with van der Waals surface area (Å²) in [4.78, 5) is 73.6. The van der Waals surface area contributed by atoms with Gasteiger partial charge < -0.3 is 10.2 Å². The second-order valence-electron chi connectivity index (χ2n) is 11.3. The lowest BCUT2D eigenvalue weighted by atomic mass is 10.0. The molecule has 46 heavy (non-hydrogen) atoms. The average molecular weight is 662 g/mol. The van der Waals surface area contributed by atoms with E-state index < -0.39 is 35.5 Å². The highest BCUT2D eigenvalue weighted by atomic mass is 35.5. The lowest BCUT2D eigenvalue weighted by molar-refractivity contribution is -0.125. The summed E-state index contributed by atoms with van der Waals surface area (Å²) >= 11 is 12.6. The van der Waals surface area contributed by atoms with E-state index in [1.807, 2.05) is 13.8 Å². The molecule has 11 nitrogen and oxygen atoms in total. The molecule has 4 amide bonds. The second kappa shape index (κ2) is 13.2. The van der Waals surface area contributed by atoms with Gasteiger partial charge in [-0.25, -0.2) is 9.67 Å². The van der Waals surface area contributed by atoms with Gasteiger partial charge in [-0.2, -0.15) is 0 Å². The fourth-order valence-corrected chi connectivity index (χ4v) is 5.55. The van der Waals surface area contributed by atoms with Crippen LogP contribution >= 0.6 is 23.2 Å². The van der Waals surface area contributed by atoms with Crippen LogP contribution in [0.15, 0.2) is 66.7 Å². The molecule has 1 N–H and O–H groups in total. The van der Waals surface area contributed by atoms with Crippen LogP contribution in [-0.4, -0.2) is 74.1 Å². The molecule has 0 unspecified atom stereocenters. The Morgan fingerprint density at radius 2 is 1.52 bits per heavy atom. The zero-order chi connectivity index (χ0) is 33.3. The van der Waals surface area contributed by atoms with Gasteiger partial charge in [0.1, 0.15) is 6.04 Å². The minimum absolute atomic E-state index is 0.0412. The number of fused-ring (bicyclic) bond motifs is 1. The summed E-state index contributed by atoms with van der Waals surface area (Å²) in [5, 5.41) is 7.69. The molecule has 0 radical (unpaired) electrons. The van der Waals surface area contributed by atoms with Crippen LogP contribution in [-0.2, 0) is 11.3 Å². The Morgan fingerprint density at radius 3 is 2.13 bits per heavy atom. The molecule has 0 bridgehead atoms. The first-order valence-corrected chi connectivity index (χ1v) is 15.2. The topological polar surface area (TPSA) is 135 Å². The maximum atomic E-state index is 13.7. The van der Waals surface area contributed by atoms with Gasteiger partial charge in [0.2, 0.25) is 11.7 Å². The maximum Gasteiger partial charge on any atom is 0.293 e. The second-order valence-corrected chi connectivity index (χ2v) is 12.2. The van der Waals surface area contributed by atoms with Crippen molar-refractivity contribution in [3.63, 3.8) is 0 Å². The number of carbonyl (C=O) groups is 5. The average Bonchev–Trinajstić information content (AvgIpc) is 3.56. The van der Waals surface area contributed by atoms with Gasteiger partial charge in [0, 0.05) is 30.2 Å². The molecule has 0 saturated heterocycles. The number of hydrogen-bond acceptors (Lipinski definition) is 7. The van der Waals surface area contributed by atoms with Crippen molar-refractivity contribution in [2.45, 2.75) is 32.9 Å². The number of nitrogens with one attached hydrogen (secondary N) is 1. The SMILES string of the molecule is CC(C)C[C@@H](C(=O)NCc1nc(C(=O)N(C)C)nn1-c1ccc(Cl)cc1C(=O)c1ccccc1Cl)N1C(=O)c2ccccc2C1=O. The molecule has 1 aromatic heterocycles. The zero-order valence-electron chi connectivity index (χ0n) is 25.5. The van der Waals surface area contributed by atoms with Crippen LogP contribution in [0.1, 0.15) is 73.3 Å². The zero-order valence-corrected chi connectivity index (χ0v) is 27.0. The summed E-state index contributed by atoms with van der Waals surface area (Å²) in [5.74, 6) is -2.76. The molecule has 5 rings (SSSR count). The molecule has 236 valence electrons. The molecule has 13 heteroatoms. The Labute approximate surface area is 275 Å². The summed E-state index contributed by atoms with van der Waals surface area (Å²) in [6.07, 6.45) is 0.210. The number of aromatic nitrogens is 3. The van der Waals surface area contributed by atoms with Gasteiger partial charge >= 0.3 is 0 Å². The van der Waals surface area contributed by atoms with E-state index in [4.69, 9.17) is 23.2 Å². The van der Waals surface area contributed by atoms with Crippen LogP contribution in [0.3, 0.4) is 0 Å². The van der Waals surface area contributed by atoms with Crippen LogP contribution < -0.4 is 5.32 Å². The monoisotopic (exact) mass is 660 g/mol. The Morgan fingerprint density at radius 1 is 0.891 bits per heavy atom. The van der Waals surface area contributed by atoms with E-state index in [2.05, 4.69) is 15.4 Å². The van der Waals surface area contributed by atoms with Crippen molar-refractivity contribution in [1.82, 2.24) is 29.9 Å². The largest absolute Gasteiger partial charge is 0.347 e. The van der Waals surface area contributed by atoms with E-state index in [-0.39, 0.29) is 68.5 Å². The van der Waals surface area contributed by atoms with E-state index in [1.54, 1.807) is 60.7 Å². The highest BCUT2D eigenvalue weighted by molar-refractivity contribution is 6.35. The normalized spacial score (nSPS) is 13.2. The molecule has 0 spiro atoms. The molecule has 0 fully saturated rings. The Balaban J connectivity index is 1.52. The molecular formula is C33H30Cl2N6O5. The first-order valence-electron chi connectivity index (χ1n) is 14.4. The number of imide groups is 1. The van der Waals surface area contributed by atoms with Crippen LogP contribution in [0.2, 0.25) is 10.0 Å². The third kappa shape index (κ3) is 6.29. The van der Waals surface area contributed by atoms with Gasteiger partial charge in [-0.05, 0) is 54.8 Å². The van der Waals surface area contributed by atoms with Gasteiger partial charge in [0.25, 0.3) is 17.7 Å². The van der Waals surface area contributed by atoms with Crippen molar-refractivity contribution in [2.75, 3.05) is 14.1 Å². The van der Waals surface area contributed by atoms with E-state index in [0.29, 0.717) is 0 Å². The number of hydrogen-bond donors (Lipinski definition) is 1. The number of rotatable bonds is 10. The smallest absolute Gasteiger partial charge is 0.293 e. The van der Waals surface area contributed by atoms with Crippen LogP contribution in [0.4, 0.5) is 0 Å². The minimum Gasteiger partial charge on any atom is -0.347 e. The first-order chi connectivity index (χ1) is 21.9. The summed E-state index contributed by atoms with van der Waals surface area (Å²) < 4.78 is 1.29. The molecule has 2 heterocycles. The van der Waals surface area contributed by atoms with Gasteiger partial charge in [-0.1, -0.05) is 61.3 Å². The van der Waals surface area contributed by atoms with Gasteiger partial charge in [0.05, 0.1) is 28.4 Å². The van der Waals surface area contributed by atoms with Crippen molar-refractivity contribution in [2.24, 2.45) is 5.92 Å². The quantitative estimate of drug-likeness (QED) is 0.190. The predicted molar refractivity (Wildman–Crippen MR) is 171 cm³/mol.